The minimum Gasteiger partial charge on any atom is -0.388 e. The Balaban J connectivity index is 1.51. The highest BCUT2D eigenvalue weighted by Crippen LogP contribution is 2.33. The van der Waals surface area contributed by atoms with E-state index >= 15 is 0 Å². The summed E-state index contributed by atoms with van der Waals surface area (Å²) in [6, 6.07) is 7.14. The van der Waals surface area contributed by atoms with Gasteiger partial charge >= 0.3 is 5.69 Å². The maximum atomic E-state index is 13.6. The molecule has 0 aliphatic carbocycles. The number of rotatable bonds is 4. The summed E-state index contributed by atoms with van der Waals surface area (Å²) in [4.78, 5) is 49.7. The molecule has 1 fully saturated rings. The van der Waals surface area contributed by atoms with Crippen LogP contribution in [0, 0.1) is 0 Å². The van der Waals surface area contributed by atoms with E-state index in [2.05, 4.69) is 4.98 Å². The molecule has 11 heteroatoms. The third-order valence-electron chi connectivity index (χ3n) is 7.35. The number of imidazole rings is 2. The normalized spacial score (nSPS) is 20.6. The first-order valence-electron chi connectivity index (χ1n) is 12.1. The second kappa shape index (κ2) is 8.44. The quantitative estimate of drug-likeness (QED) is 0.455. The van der Waals surface area contributed by atoms with Gasteiger partial charge in [-0.25, -0.2) is 14.8 Å². The Morgan fingerprint density at radius 3 is 2.64 bits per heavy atom. The molecule has 0 radical (unpaired) electrons. The average molecular weight is 494 g/mol. The van der Waals surface area contributed by atoms with Crippen molar-refractivity contribution in [2.45, 2.75) is 51.3 Å². The number of aromatic nitrogens is 6. The van der Waals surface area contributed by atoms with E-state index in [1.165, 1.54) is 17.9 Å². The van der Waals surface area contributed by atoms with Gasteiger partial charge in [-0.15, -0.1) is 0 Å². The van der Waals surface area contributed by atoms with Crippen LogP contribution in [0.1, 0.15) is 45.0 Å². The molecule has 1 aliphatic rings. The molecule has 0 bridgehead atoms. The third-order valence-corrected chi connectivity index (χ3v) is 7.35. The molecule has 1 amide bonds. The van der Waals surface area contributed by atoms with E-state index in [0.29, 0.717) is 13.0 Å². The molecule has 36 heavy (non-hydrogen) atoms. The molecule has 1 aromatic carbocycles. The third kappa shape index (κ3) is 3.65. The van der Waals surface area contributed by atoms with Gasteiger partial charge in [-0.3, -0.25) is 18.7 Å². The van der Waals surface area contributed by atoms with E-state index < -0.39 is 22.9 Å². The Morgan fingerprint density at radius 2 is 1.92 bits per heavy atom. The summed E-state index contributed by atoms with van der Waals surface area (Å²) in [5.41, 5.74) is 0.0694. The molecule has 4 heterocycles. The monoisotopic (exact) mass is 493 g/mol. The molecule has 11 nitrogen and oxygen atoms in total. The van der Waals surface area contributed by atoms with Crippen molar-refractivity contribution in [3.63, 3.8) is 0 Å². The van der Waals surface area contributed by atoms with Crippen LogP contribution in [-0.2, 0) is 25.4 Å². The van der Waals surface area contributed by atoms with Crippen LogP contribution in [0.5, 0.6) is 0 Å². The number of carbonyl (C=O) groups excluding carboxylic acids is 1. The van der Waals surface area contributed by atoms with Crippen LogP contribution < -0.4 is 11.2 Å². The number of piperidine rings is 1. The zero-order chi connectivity index (χ0) is 25.9. The fourth-order valence-electron chi connectivity index (χ4n) is 5.18. The smallest absolute Gasteiger partial charge is 0.332 e. The summed E-state index contributed by atoms with van der Waals surface area (Å²) in [6.45, 7) is 6.52. The molecule has 0 unspecified atom stereocenters. The van der Waals surface area contributed by atoms with Crippen LogP contribution in [0.4, 0.5) is 0 Å². The van der Waals surface area contributed by atoms with Gasteiger partial charge in [0.15, 0.2) is 11.2 Å². The largest absolute Gasteiger partial charge is 0.388 e. The van der Waals surface area contributed by atoms with Gasteiger partial charge in [0, 0.05) is 33.1 Å². The number of para-hydroxylation sites is 2. The van der Waals surface area contributed by atoms with Gasteiger partial charge in [-0.05, 0) is 25.5 Å². The summed E-state index contributed by atoms with van der Waals surface area (Å²) in [6.07, 6.45) is 1.80. The standard InChI is InChI=1S/C25H31N7O4/c1-15(2)21-27-16-8-6-7-9-17(16)31(21)13-19(33)30-11-10-25(3,36)18(12-30)32-14-26-22-20(32)23(34)29(5)24(35)28(22)4/h6-9,14-15,18,36H,10-13H2,1-5H3/t18-,25-/m0/s1. The van der Waals surface area contributed by atoms with Crippen molar-refractivity contribution in [1.29, 1.82) is 0 Å². The summed E-state index contributed by atoms with van der Waals surface area (Å²) >= 11 is 0. The lowest BCUT2D eigenvalue weighted by atomic mass is 9.88. The molecular formula is C25H31N7O4. The molecule has 5 rings (SSSR count). The van der Waals surface area contributed by atoms with E-state index in [0.717, 1.165) is 21.4 Å². The van der Waals surface area contributed by atoms with Crippen molar-refractivity contribution in [2.75, 3.05) is 13.1 Å². The van der Waals surface area contributed by atoms with Crippen LogP contribution in [0.2, 0.25) is 0 Å². The average Bonchev–Trinajstić information content (AvgIpc) is 3.44. The summed E-state index contributed by atoms with van der Waals surface area (Å²) < 4.78 is 5.91. The number of likely N-dealkylation sites (tertiary alicyclic amines) is 1. The van der Waals surface area contributed by atoms with Crippen LogP contribution in [0.15, 0.2) is 40.2 Å². The number of nitrogens with zero attached hydrogens (tertiary/aromatic N) is 7. The lowest BCUT2D eigenvalue weighted by Gasteiger charge is -2.43. The predicted molar refractivity (Wildman–Crippen MR) is 135 cm³/mol. The van der Waals surface area contributed by atoms with Gasteiger partial charge in [-0.1, -0.05) is 26.0 Å². The van der Waals surface area contributed by atoms with Crippen molar-refractivity contribution < 1.29 is 9.90 Å². The topological polar surface area (TPSA) is 120 Å². The first-order valence-corrected chi connectivity index (χ1v) is 12.1. The van der Waals surface area contributed by atoms with Gasteiger partial charge in [0.05, 0.1) is 29.0 Å². The molecule has 0 saturated carbocycles. The summed E-state index contributed by atoms with van der Waals surface area (Å²) in [7, 11) is 2.97. The molecule has 1 aliphatic heterocycles. The molecule has 1 N–H and O–H groups in total. The SMILES string of the molecule is CC(C)c1nc2ccccc2n1CC(=O)N1CC[C@](C)(O)[C@@H](n2cnc3c2c(=O)n(C)c(=O)n3C)C1. The second-order valence-electron chi connectivity index (χ2n) is 10.2. The number of carbonyl (C=O) groups is 1. The fourth-order valence-corrected chi connectivity index (χ4v) is 5.18. The van der Waals surface area contributed by atoms with Crippen molar-refractivity contribution in [1.82, 2.24) is 33.1 Å². The zero-order valence-corrected chi connectivity index (χ0v) is 21.2. The van der Waals surface area contributed by atoms with Gasteiger partial charge in [0.2, 0.25) is 5.91 Å². The molecule has 2 atom stereocenters. The van der Waals surface area contributed by atoms with E-state index in [4.69, 9.17) is 4.98 Å². The first kappa shape index (κ1) is 24.0. The van der Waals surface area contributed by atoms with Gasteiger partial charge in [0.25, 0.3) is 5.56 Å². The molecule has 190 valence electrons. The lowest BCUT2D eigenvalue weighted by molar-refractivity contribution is -0.138. The lowest BCUT2D eigenvalue weighted by Crippen LogP contribution is -2.53. The maximum absolute atomic E-state index is 13.6. The number of aryl methyl sites for hydroxylation is 1. The van der Waals surface area contributed by atoms with Crippen molar-refractivity contribution in [3.8, 4) is 0 Å². The number of fused-ring (bicyclic) bond motifs is 2. The minimum absolute atomic E-state index is 0.0923. The summed E-state index contributed by atoms with van der Waals surface area (Å²) in [5, 5.41) is 11.3. The minimum atomic E-state index is -1.19. The van der Waals surface area contributed by atoms with Crippen molar-refractivity contribution in [2.24, 2.45) is 14.1 Å². The zero-order valence-electron chi connectivity index (χ0n) is 21.2. The van der Waals surface area contributed by atoms with E-state index in [1.807, 2.05) is 42.7 Å². The number of benzene rings is 1. The Bertz CT molecular complexity index is 1600. The first-order chi connectivity index (χ1) is 17.0. The van der Waals surface area contributed by atoms with Crippen LogP contribution in [0.3, 0.4) is 0 Å². The Morgan fingerprint density at radius 1 is 1.19 bits per heavy atom. The van der Waals surface area contributed by atoms with Crippen molar-refractivity contribution in [3.05, 3.63) is 57.3 Å². The highest BCUT2D eigenvalue weighted by molar-refractivity contribution is 5.81. The van der Waals surface area contributed by atoms with Crippen LogP contribution in [-0.4, -0.2) is 62.8 Å². The number of aliphatic hydroxyl groups is 1. The second-order valence-corrected chi connectivity index (χ2v) is 10.2. The molecule has 1 saturated heterocycles. The van der Waals surface area contributed by atoms with Crippen LogP contribution >= 0.6 is 0 Å². The van der Waals surface area contributed by atoms with Gasteiger partial charge < -0.3 is 19.1 Å². The van der Waals surface area contributed by atoms with E-state index in [-0.39, 0.29) is 36.1 Å². The van der Waals surface area contributed by atoms with E-state index in [1.54, 1.807) is 23.4 Å². The predicted octanol–water partition coefficient (Wildman–Crippen LogP) is 1.13. The van der Waals surface area contributed by atoms with E-state index in [9.17, 15) is 19.5 Å². The Hall–Kier alpha value is -3.73. The number of hydrogen-bond donors (Lipinski definition) is 1. The van der Waals surface area contributed by atoms with Gasteiger partial charge in [-0.2, -0.15) is 0 Å². The Labute approximate surface area is 207 Å². The molecule has 3 aromatic heterocycles. The van der Waals surface area contributed by atoms with Crippen LogP contribution in [0.25, 0.3) is 22.2 Å². The Kier molecular flexibility index (Phi) is 5.62. The van der Waals surface area contributed by atoms with Crippen molar-refractivity contribution >= 4 is 28.1 Å². The number of hydrogen-bond acceptors (Lipinski definition) is 6. The number of amides is 1. The fraction of sp³-hybridized carbons (Fsp3) is 0.480. The highest BCUT2D eigenvalue weighted by Gasteiger charge is 2.41. The maximum Gasteiger partial charge on any atom is 0.332 e. The molecule has 0 spiro atoms. The molecular weight excluding hydrogens is 462 g/mol. The molecule has 4 aromatic rings. The highest BCUT2D eigenvalue weighted by atomic mass is 16.3. The van der Waals surface area contributed by atoms with Gasteiger partial charge in [0.1, 0.15) is 12.4 Å². The summed E-state index contributed by atoms with van der Waals surface area (Å²) in [5.74, 6) is 0.889.